The highest BCUT2D eigenvalue weighted by atomic mass is 16.6. The number of carbonyl (C=O) groups is 4. The molecule has 0 aliphatic heterocycles. The highest BCUT2D eigenvalue weighted by Gasteiger charge is 2.24. The van der Waals surface area contributed by atoms with Crippen LogP contribution in [-0.2, 0) is 25.7 Å². The topological polar surface area (TPSA) is 135 Å². The van der Waals surface area contributed by atoms with Gasteiger partial charge in [-0.15, -0.1) is 6.42 Å². The van der Waals surface area contributed by atoms with E-state index in [0.717, 1.165) is 5.56 Å². The molecule has 4 amide bonds. The first kappa shape index (κ1) is 28.3. The fourth-order valence-corrected chi connectivity index (χ4v) is 2.66. The van der Waals surface area contributed by atoms with Crippen molar-refractivity contribution in [3.8, 4) is 12.3 Å². The van der Waals surface area contributed by atoms with Gasteiger partial charge in [0, 0.05) is 6.54 Å². The second kappa shape index (κ2) is 15.2. The van der Waals surface area contributed by atoms with E-state index in [4.69, 9.17) is 15.9 Å². The Labute approximate surface area is 200 Å². The van der Waals surface area contributed by atoms with Gasteiger partial charge < -0.3 is 30.7 Å². The predicted molar refractivity (Wildman–Crippen MR) is 126 cm³/mol. The van der Waals surface area contributed by atoms with Gasteiger partial charge in [-0.3, -0.25) is 9.59 Å². The summed E-state index contributed by atoms with van der Waals surface area (Å²) in [6, 6.07) is 8.39. The second-order valence-electron chi connectivity index (χ2n) is 8.38. The van der Waals surface area contributed by atoms with Gasteiger partial charge in [0.2, 0.25) is 11.8 Å². The average molecular weight is 475 g/mol. The Hall–Kier alpha value is -3.74. The number of nitrogens with one attached hydrogen (secondary N) is 4. The van der Waals surface area contributed by atoms with E-state index < -0.39 is 35.6 Å². The number of terminal acetylenes is 1. The fourth-order valence-electron chi connectivity index (χ4n) is 2.66. The van der Waals surface area contributed by atoms with Crippen molar-refractivity contribution in [1.82, 2.24) is 21.3 Å². The van der Waals surface area contributed by atoms with Crippen molar-refractivity contribution in [3.05, 3.63) is 35.9 Å². The van der Waals surface area contributed by atoms with Gasteiger partial charge in [0.25, 0.3) is 0 Å². The molecule has 186 valence electrons. The quantitative estimate of drug-likeness (QED) is 0.270. The summed E-state index contributed by atoms with van der Waals surface area (Å²) in [5.74, 6) is 1.29. The number of rotatable bonds is 12. The third-order valence-corrected chi connectivity index (χ3v) is 4.22. The van der Waals surface area contributed by atoms with E-state index >= 15 is 0 Å². The second-order valence-corrected chi connectivity index (χ2v) is 8.38. The van der Waals surface area contributed by atoms with E-state index in [-0.39, 0.29) is 26.1 Å². The molecular formula is C24H34N4O6. The first-order valence-electron chi connectivity index (χ1n) is 11.0. The number of hydrogen-bond acceptors (Lipinski definition) is 6. The zero-order valence-corrected chi connectivity index (χ0v) is 19.9. The van der Waals surface area contributed by atoms with Gasteiger partial charge in [-0.2, -0.15) is 0 Å². The molecule has 0 radical (unpaired) electrons. The first-order valence-corrected chi connectivity index (χ1v) is 11.0. The number of ether oxygens (including phenoxy) is 2. The van der Waals surface area contributed by atoms with E-state index in [2.05, 4.69) is 27.2 Å². The van der Waals surface area contributed by atoms with Gasteiger partial charge in [0.15, 0.2) is 0 Å². The van der Waals surface area contributed by atoms with Crippen LogP contribution in [0.25, 0.3) is 0 Å². The maximum absolute atomic E-state index is 12.5. The molecule has 1 rings (SSSR count). The predicted octanol–water partition coefficient (Wildman–Crippen LogP) is 1.84. The molecule has 10 nitrogen and oxygen atoms in total. The maximum atomic E-state index is 12.5. The molecule has 0 unspecified atom stereocenters. The molecule has 0 heterocycles. The molecule has 0 fully saturated rings. The molecule has 0 aromatic heterocycles. The van der Waals surface area contributed by atoms with Crippen molar-refractivity contribution in [2.24, 2.45) is 0 Å². The van der Waals surface area contributed by atoms with Gasteiger partial charge in [-0.25, -0.2) is 9.59 Å². The Kier molecular flexibility index (Phi) is 12.6. The van der Waals surface area contributed by atoms with E-state index in [1.54, 1.807) is 20.8 Å². The van der Waals surface area contributed by atoms with Gasteiger partial charge in [0.05, 0.1) is 13.1 Å². The lowest BCUT2D eigenvalue weighted by Crippen LogP contribution is -2.50. The molecule has 0 saturated heterocycles. The molecule has 0 aliphatic carbocycles. The number of unbranched alkanes of at least 4 members (excludes halogenated alkanes) is 1. The third kappa shape index (κ3) is 13.6. The lowest BCUT2D eigenvalue weighted by atomic mass is 10.1. The van der Waals surface area contributed by atoms with E-state index in [0.29, 0.717) is 19.4 Å². The Balaban J connectivity index is 2.45. The lowest BCUT2D eigenvalue weighted by molar-refractivity contribution is -0.127. The van der Waals surface area contributed by atoms with Crippen LogP contribution in [0.4, 0.5) is 9.59 Å². The zero-order valence-electron chi connectivity index (χ0n) is 19.9. The van der Waals surface area contributed by atoms with E-state index in [9.17, 15) is 19.2 Å². The Morgan fingerprint density at radius 3 is 2.35 bits per heavy atom. The maximum Gasteiger partial charge on any atom is 0.408 e. The number of alkyl carbamates (subject to hydrolysis) is 2. The van der Waals surface area contributed by atoms with Gasteiger partial charge in [-0.05, 0) is 45.6 Å². The first-order chi connectivity index (χ1) is 16.1. The summed E-state index contributed by atoms with van der Waals surface area (Å²) in [5, 5.41) is 10.1. The number of carbonyl (C=O) groups excluding carboxylic acids is 4. The van der Waals surface area contributed by atoms with Crippen LogP contribution < -0.4 is 21.3 Å². The molecule has 1 atom stereocenters. The highest BCUT2D eigenvalue weighted by Crippen LogP contribution is 2.08. The molecule has 4 N–H and O–H groups in total. The Morgan fingerprint density at radius 1 is 1.00 bits per heavy atom. The summed E-state index contributed by atoms with van der Waals surface area (Å²) in [5.41, 5.74) is 0.150. The molecular weight excluding hydrogens is 440 g/mol. The van der Waals surface area contributed by atoms with Gasteiger partial charge >= 0.3 is 12.2 Å². The summed E-state index contributed by atoms with van der Waals surface area (Å²) >= 11 is 0. The number of benzene rings is 1. The lowest BCUT2D eigenvalue weighted by Gasteiger charge is -2.23. The van der Waals surface area contributed by atoms with Crippen molar-refractivity contribution >= 4 is 24.0 Å². The summed E-state index contributed by atoms with van der Waals surface area (Å²) in [7, 11) is 0. The van der Waals surface area contributed by atoms with Crippen LogP contribution in [0, 0.1) is 12.3 Å². The van der Waals surface area contributed by atoms with Crippen LogP contribution >= 0.6 is 0 Å². The highest BCUT2D eigenvalue weighted by molar-refractivity contribution is 5.89. The summed E-state index contributed by atoms with van der Waals surface area (Å²) in [6.45, 7) is 5.41. The monoisotopic (exact) mass is 474 g/mol. The molecule has 1 aromatic rings. The summed E-state index contributed by atoms with van der Waals surface area (Å²) < 4.78 is 10.4. The fraction of sp³-hybridized carbons (Fsp3) is 0.500. The smallest absolute Gasteiger partial charge is 0.408 e. The van der Waals surface area contributed by atoms with Crippen molar-refractivity contribution in [1.29, 1.82) is 0 Å². The van der Waals surface area contributed by atoms with Crippen LogP contribution in [0.15, 0.2) is 30.3 Å². The van der Waals surface area contributed by atoms with Crippen LogP contribution in [0.2, 0.25) is 0 Å². The van der Waals surface area contributed by atoms with Crippen LogP contribution in [-0.4, -0.2) is 55.3 Å². The Morgan fingerprint density at radius 2 is 1.71 bits per heavy atom. The molecule has 1 aromatic carbocycles. The minimum atomic E-state index is -0.916. The largest absolute Gasteiger partial charge is 0.445 e. The summed E-state index contributed by atoms with van der Waals surface area (Å²) in [6.07, 6.45) is 5.13. The number of hydrogen-bond donors (Lipinski definition) is 4. The molecule has 10 heteroatoms. The van der Waals surface area contributed by atoms with E-state index in [1.165, 1.54) is 0 Å². The van der Waals surface area contributed by atoms with Gasteiger partial charge in [0.1, 0.15) is 18.2 Å². The minimum Gasteiger partial charge on any atom is -0.445 e. The Bertz CT molecular complexity index is 845. The standard InChI is InChI=1S/C24H34N4O6/c1-5-14-25-20(29)16-27-21(30)19(28-23(32)34-24(2,3)4)13-9-10-15-26-22(31)33-17-18-11-7-6-8-12-18/h1,6-8,11-12,19H,9-10,13-17H2,2-4H3,(H,25,29)(H,26,31)(H,27,30)(H,28,32)/t19-/m0/s1. The minimum absolute atomic E-state index is 0.0507. The number of amides is 4. The van der Waals surface area contributed by atoms with Crippen LogP contribution in [0.1, 0.15) is 45.6 Å². The van der Waals surface area contributed by atoms with Crippen molar-refractivity contribution in [2.45, 2.75) is 58.3 Å². The third-order valence-electron chi connectivity index (χ3n) is 4.22. The molecule has 0 spiro atoms. The van der Waals surface area contributed by atoms with Crippen LogP contribution in [0.5, 0.6) is 0 Å². The van der Waals surface area contributed by atoms with E-state index in [1.807, 2.05) is 30.3 Å². The summed E-state index contributed by atoms with van der Waals surface area (Å²) in [4.78, 5) is 48.1. The molecule has 0 saturated carbocycles. The molecule has 0 bridgehead atoms. The SMILES string of the molecule is C#CCNC(=O)CNC(=O)[C@H](CCCCNC(=O)OCc1ccccc1)NC(=O)OC(C)(C)C. The van der Waals surface area contributed by atoms with Crippen molar-refractivity contribution in [3.63, 3.8) is 0 Å². The van der Waals surface area contributed by atoms with Crippen molar-refractivity contribution in [2.75, 3.05) is 19.6 Å². The zero-order chi connectivity index (χ0) is 25.4. The molecule has 0 aliphatic rings. The normalized spacial score (nSPS) is 11.4. The molecule has 34 heavy (non-hydrogen) atoms. The average Bonchev–Trinajstić information content (AvgIpc) is 2.78. The van der Waals surface area contributed by atoms with Crippen molar-refractivity contribution < 1.29 is 28.7 Å². The van der Waals surface area contributed by atoms with Gasteiger partial charge in [-0.1, -0.05) is 36.3 Å². The van der Waals surface area contributed by atoms with Crippen LogP contribution in [0.3, 0.4) is 0 Å².